The first kappa shape index (κ1) is 14.2. The standard InChI is InChI=1S/C13H27NOS/c1-10(2)13(14-4)9-16(15)12-7-5-6-11(3)8-12/h10-14H,5-9H2,1-4H3. The molecule has 4 unspecified atom stereocenters. The van der Waals surface area contributed by atoms with E-state index < -0.39 is 10.8 Å². The molecule has 0 aromatic carbocycles. The van der Waals surface area contributed by atoms with Gasteiger partial charge in [0.25, 0.3) is 0 Å². The van der Waals surface area contributed by atoms with Gasteiger partial charge in [0.1, 0.15) is 0 Å². The normalized spacial score (nSPS) is 30.3. The van der Waals surface area contributed by atoms with Crippen molar-refractivity contribution in [3.63, 3.8) is 0 Å². The summed E-state index contributed by atoms with van der Waals surface area (Å²) in [6, 6.07) is 0.401. The van der Waals surface area contributed by atoms with E-state index in [-0.39, 0.29) is 0 Å². The average Bonchev–Trinajstić information content (AvgIpc) is 2.25. The quantitative estimate of drug-likeness (QED) is 0.806. The van der Waals surface area contributed by atoms with Crippen LogP contribution in [0.25, 0.3) is 0 Å². The van der Waals surface area contributed by atoms with Crippen LogP contribution in [-0.4, -0.2) is 28.3 Å². The van der Waals surface area contributed by atoms with Crippen LogP contribution < -0.4 is 5.32 Å². The van der Waals surface area contributed by atoms with Crippen molar-refractivity contribution in [2.24, 2.45) is 11.8 Å². The predicted octanol–water partition coefficient (Wildman–Crippen LogP) is 2.56. The second-order valence-corrected chi connectivity index (χ2v) is 7.34. The van der Waals surface area contributed by atoms with E-state index in [1.807, 2.05) is 7.05 Å². The molecule has 1 aliphatic carbocycles. The Balaban J connectivity index is 2.44. The molecule has 0 aliphatic heterocycles. The summed E-state index contributed by atoms with van der Waals surface area (Å²) in [5.74, 6) is 2.16. The second kappa shape index (κ2) is 6.75. The van der Waals surface area contributed by atoms with Gasteiger partial charge in [-0.1, -0.05) is 33.6 Å². The predicted molar refractivity (Wildman–Crippen MR) is 72.1 cm³/mol. The smallest absolute Gasteiger partial charge is 0.0394 e. The van der Waals surface area contributed by atoms with Crippen molar-refractivity contribution in [1.82, 2.24) is 5.32 Å². The van der Waals surface area contributed by atoms with Crippen molar-refractivity contribution in [3.05, 3.63) is 0 Å². The van der Waals surface area contributed by atoms with Gasteiger partial charge >= 0.3 is 0 Å². The maximum absolute atomic E-state index is 12.3. The molecule has 4 atom stereocenters. The lowest BCUT2D eigenvalue weighted by Crippen LogP contribution is -2.38. The van der Waals surface area contributed by atoms with Crippen molar-refractivity contribution in [2.45, 2.75) is 57.7 Å². The highest BCUT2D eigenvalue weighted by atomic mass is 32.2. The van der Waals surface area contributed by atoms with Gasteiger partial charge in [0.05, 0.1) is 0 Å². The van der Waals surface area contributed by atoms with Crippen molar-refractivity contribution in [2.75, 3.05) is 12.8 Å². The van der Waals surface area contributed by atoms with Gasteiger partial charge in [-0.2, -0.15) is 0 Å². The van der Waals surface area contributed by atoms with E-state index in [2.05, 4.69) is 26.1 Å². The lowest BCUT2D eigenvalue weighted by molar-refractivity contribution is 0.387. The fourth-order valence-corrected chi connectivity index (χ4v) is 4.69. The Labute approximate surface area is 103 Å². The molecule has 3 heteroatoms. The first-order chi connectivity index (χ1) is 7.54. The Morgan fingerprint density at radius 3 is 2.56 bits per heavy atom. The molecule has 0 bridgehead atoms. The van der Waals surface area contributed by atoms with Crippen LogP contribution in [0.4, 0.5) is 0 Å². The minimum absolute atomic E-state index is 0.401. The van der Waals surface area contributed by atoms with E-state index in [0.29, 0.717) is 17.2 Å². The molecular weight excluding hydrogens is 218 g/mol. The van der Waals surface area contributed by atoms with Crippen LogP contribution in [0.5, 0.6) is 0 Å². The molecule has 0 spiro atoms. The minimum Gasteiger partial charge on any atom is -0.316 e. The van der Waals surface area contributed by atoms with Crippen molar-refractivity contribution >= 4 is 10.8 Å². The van der Waals surface area contributed by atoms with Gasteiger partial charge in [0, 0.05) is 27.8 Å². The molecule has 0 amide bonds. The maximum Gasteiger partial charge on any atom is 0.0394 e. The van der Waals surface area contributed by atoms with Crippen LogP contribution in [0.15, 0.2) is 0 Å². The number of hydrogen-bond acceptors (Lipinski definition) is 2. The molecule has 0 radical (unpaired) electrons. The SMILES string of the molecule is CNC(CS(=O)C1CCCC(C)C1)C(C)C. The summed E-state index contributed by atoms with van der Waals surface area (Å²) >= 11 is 0. The van der Waals surface area contributed by atoms with Gasteiger partial charge in [-0.3, -0.25) is 4.21 Å². The zero-order valence-electron chi connectivity index (χ0n) is 11.2. The van der Waals surface area contributed by atoms with E-state index >= 15 is 0 Å². The van der Waals surface area contributed by atoms with Gasteiger partial charge in [0.15, 0.2) is 0 Å². The molecule has 1 saturated carbocycles. The third-order valence-corrected chi connectivity index (χ3v) is 5.64. The summed E-state index contributed by atoms with van der Waals surface area (Å²) in [5, 5.41) is 3.75. The molecule has 0 heterocycles. The zero-order valence-corrected chi connectivity index (χ0v) is 12.0. The lowest BCUT2D eigenvalue weighted by atomic mass is 9.91. The molecule has 0 aromatic heterocycles. The monoisotopic (exact) mass is 245 g/mol. The Morgan fingerprint density at radius 1 is 1.38 bits per heavy atom. The summed E-state index contributed by atoms with van der Waals surface area (Å²) in [7, 11) is 1.34. The van der Waals surface area contributed by atoms with E-state index in [1.165, 1.54) is 25.7 Å². The van der Waals surface area contributed by atoms with Crippen molar-refractivity contribution in [1.29, 1.82) is 0 Å². The molecular formula is C13H27NOS. The first-order valence-electron chi connectivity index (χ1n) is 6.59. The maximum atomic E-state index is 12.3. The van der Waals surface area contributed by atoms with Crippen molar-refractivity contribution in [3.8, 4) is 0 Å². The third kappa shape index (κ3) is 4.17. The topological polar surface area (TPSA) is 29.1 Å². The molecule has 1 fully saturated rings. The molecule has 0 aromatic rings. The van der Waals surface area contributed by atoms with Gasteiger partial charge in [-0.15, -0.1) is 0 Å². The average molecular weight is 245 g/mol. The summed E-state index contributed by atoms with van der Waals surface area (Å²) < 4.78 is 12.3. The van der Waals surface area contributed by atoms with Crippen LogP contribution in [0, 0.1) is 11.8 Å². The summed E-state index contributed by atoms with van der Waals surface area (Å²) in [4.78, 5) is 0. The summed E-state index contributed by atoms with van der Waals surface area (Å²) in [6.07, 6.45) is 4.93. The van der Waals surface area contributed by atoms with Crippen LogP contribution >= 0.6 is 0 Å². The minimum atomic E-state index is -0.640. The first-order valence-corrected chi connectivity index (χ1v) is 7.97. The fourth-order valence-electron chi connectivity index (χ4n) is 2.54. The van der Waals surface area contributed by atoms with Crippen LogP contribution in [0.3, 0.4) is 0 Å². The molecule has 2 nitrogen and oxygen atoms in total. The van der Waals surface area contributed by atoms with E-state index in [9.17, 15) is 4.21 Å². The van der Waals surface area contributed by atoms with Gasteiger partial charge in [0.2, 0.25) is 0 Å². The molecule has 1 aliphatic rings. The Hall–Kier alpha value is 0.110. The van der Waals surface area contributed by atoms with Crippen LogP contribution in [0.2, 0.25) is 0 Å². The van der Waals surface area contributed by atoms with Crippen LogP contribution in [-0.2, 0) is 10.8 Å². The Kier molecular flexibility index (Phi) is 5.98. The number of hydrogen-bond donors (Lipinski definition) is 1. The summed E-state index contributed by atoms with van der Waals surface area (Å²) in [5.41, 5.74) is 0. The van der Waals surface area contributed by atoms with Crippen molar-refractivity contribution < 1.29 is 4.21 Å². The van der Waals surface area contributed by atoms with E-state index in [1.54, 1.807) is 0 Å². The van der Waals surface area contributed by atoms with Crippen LogP contribution in [0.1, 0.15) is 46.5 Å². The van der Waals surface area contributed by atoms with E-state index in [0.717, 1.165) is 11.7 Å². The second-order valence-electron chi connectivity index (χ2n) is 5.58. The van der Waals surface area contributed by atoms with Gasteiger partial charge in [-0.25, -0.2) is 0 Å². The van der Waals surface area contributed by atoms with E-state index in [4.69, 9.17) is 0 Å². The molecule has 96 valence electrons. The van der Waals surface area contributed by atoms with Gasteiger partial charge < -0.3 is 5.32 Å². The van der Waals surface area contributed by atoms with Gasteiger partial charge in [-0.05, 0) is 31.7 Å². The molecule has 1 rings (SSSR count). The Bertz CT molecular complexity index is 230. The highest BCUT2D eigenvalue weighted by Gasteiger charge is 2.26. The number of rotatable bonds is 5. The summed E-state index contributed by atoms with van der Waals surface area (Å²) in [6.45, 7) is 6.69. The number of nitrogens with one attached hydrogen (secondary N) is 1. The highest BCUT2D eigenvalue weighted by Crippen LogP contribution is 2.27. The molecule has 1 N–H and O–H groups in total. The fraction of sp³-hybridized carbons (Fsp3) is 1.00. The largest absolute Gasteiger partial charge is 0.316 e. The lowest BCUT2D eigenvalue weighted by Gasteiger charge is -2.28. The molecule has 16 heavy (non-hydrogen) atoms. The third-order valence-electron chi connectivity index (χ3n) is 3.78. The molecule has 0 saturated heterocycles. The Morgan fingerprint density at radius 2 is 2.06 bits per heavy atom. The highest BCUT2D eigenvalue weighted by molar-refractivity contribution is 7.85. The zero-order chi connectivity index (χ0) is 12.1.